The van der Waals surface area contributed by atoms with Crippen LogP contribution in [-0.2, 0) is 17.6 Å². The summed E-state index contributed by atoms with van der Waals surface area (Å²) in [6, 6.07) is 0. The zero-order valence-electron chi connectivity index (χ0n) is 19.2. The van der Waals surface area contributed by atoms with Gasteiger partial charge >= 0.3 is 0 Å². The van der Waals surface area contributed by atoms with Crippen molar-refractivity contribution in [1.29, 1.82) is 0 Å². The highest BCUT2D eigenvalue weighted by molar-refractivity contribution is 7.19. The quantitative estimate of drug-likeness (QED) is 0.594. The number of nitrogens with zero attached hydrogens (tertiary/aromatic N) is 5. The van der Waals surface area contributed by atoms with E-state index in [9.17, 15) is 4.79 Å². The Morgan fingerprint density at radius 2 is 2.12 bits per heavy atom. The van der Waals surface area contributed by atoms with Gasteiger partial charge in [0.25, 0.3) is 5.91 Å². The molecule has 1 fully saturated rings. The van der Waals surface area contributed by atoms with E-state index in [4.69, 9.17) is 4.74 Å². The number of carbonyl (C=O) groups is 1. The molecule has 1 unspecified atom stereocenters. The number of aromatic nitrogens is 4. The second kappa shape index (κ2) is 8.68. The van der Waals surface area contributed by atoms with Crippen molar-refractivity contribution in [2.75, 3.05) is 39.4 Å². The van der Waals surface area contributed by atoms with Crippen molar-refractivity contribution in [2.24, 2.45) is 11.3 Å². The topological polar surface area (TPSA) is 84.7 Å². The first-order valence-corrected chi connectivity index (χ1v) is 12.5. The number of ether oxygens (including phenoxy) is 1. The molecule has 9 heteroatoms. The number of amides is 1. The Balaban J connectivity index is 1.31. The first-order valence-electron chi connectivity index (χ1n) is 11.6. The lowest BCUT2D eigenvalue weighted by Gasteiger charge is -2.33. The smallest absolute Gasteiger partial charge is 0.290 e. The van der Waals surface area contributed by atoms with E-state index in [2.05, 4.69) is 46.1 Å². The molecule has 172 valence electrons. The van der Waals surface area contributed by atoms with Crippen LogP contribution in [0, 0.1) is 11.3 Å². The van der Waals surface area contributed by atoms with Crippen molar-refractivity contribution in [1.82, 2.24) is 29.8 Å². The van der Waals surface area contributed by atoms with E-state index in [1.54, 1.807) is 22.2 Å². The maximum Gasteiger partial charge on any atom is 0.290 e. The second-order valence-corrected chi connectivity index (χ2v) is 11.1. The average molecular weight is 457 g/mol. The molecule has 0 aromatic carbocycles. The monoisotopic (exact) mass is 456 g/mol. The van der Waals surface area contributed by atoms with Gasteiger partial charge < -0.3 is 10.1 Å². The minimum absolute atomic E-state index is 0.217. The third-order valence-corrected chi connectivity index (χ3v) is 8.02. The summed E-state index contributed by atoms with van der Waals surface area (Å²) in [6.07, 6.45) is 5.89. The molecule has 1 aliphatic carbocycles. The summed E-state index contributed by atoms with van der Waals surface area (Å²) in [5.74, 6) is 0.672. The van der Waals surface area contributed by atoms with Crippen LogP contribution in [0.25, 0.3) is 15.9 Å². The normalized spacial score (nSPS) is 20.0. The lowest BCUT2D eigenvalue weighted by molar-refractivity contribution is 0.0374. The molecule has 1 saturated heterocycles. The molecule has 0 saturated carbocycles. The molecule has 1 N–H and O–H groups in total. The number of morpholine rings is 1. The van der Waals surface area contributed by atoms with E-state index < -0.39 is 0 Å². The van der Waals surface area contributed by atoms with Crippen molar-refractivity contribution >= 4 is 33.1 Å². The number of fused-ring (bicyclic) bond motifs is 5. The van der Waals surface area contributed by atoms with Crippen LogP contribution in [0.2, 0.25) is 0 Å². The summed E-state index contributed by atoms with van der Waals surface area (Å²) < 4.78 is 7.04. The first-order chi connectivity index (χ1) is 15.4. The second-order valence-electron chi connectivity index (χ2n) is 10.0. The minimum Gasteiger partial charge on any atom is -0.379 e. The summed E-state index contributed by atoms with van der Waals surface area (Å²) in [7, 11) is 0. The number of hydrogen-bond donors (Lipinski definition) is 1. The fraction of sp³-hybridized carbons (Fsp3) is 0.652. The minimum atomic E-state index is -0.222. The molecule has 3 aromatic rings. The van der Waals surface area contributed by atoms with Crippen LogP contribution in [0.5, 0.6) is 0 Å². The molecule has 1 atom stereocenters. The van der Waals surface area contributed by atoms with Gasteiger partial charge in [-0.3, -0.25) is 9.69 Å². The van der Waals surface area contributed by atoms with Crippen molar-refractivity contribution in [3.05, 3.63) is 22.6 Å². The number of nitrogens with one attached hydrogen (secondary N) is 1. The number of hydrogen-bond acceptors (Lipinski definition) is 7. The van der Waals surface area contributed by atoms with Crippen molar-refractivity contribution < 1.29 is 9.53 Å². The molecular formula is C23H32N6O2S. The first kappa shape index (κ1) is 21.7. The molecule has 1 aliphatic heterocycles. The molecule has 0 spiro atoms. The van der Waals surface area contributed by atoms with Gasteiger partial charge in [-0.1, -0.05) is 20.8 Å². The highest BCUT2D eigenvalue weighted by Gasteiger charge is 2.32. The van der Waals surface area contributed by atoms with Crippen LogP contribution in [0.4, 0.5) is 0 Å². The number of carbonyl (C=O) groups excluding carboxylic acids is 1. The maximum absolute atomic E-state index is 12.7. The molecule has 32 heavy (non-hydrogen) atoms. The van der Waals surface area contributed by atoms with E-state index in [0.717, 1.165) is 68.0 Å². The van der Waals surface area contributed by atoms with Gasteiger partial charge in [-0.05, 0) is 49.1 Å². The fourth-order valence-corrected chi connectivity index (χ4v) is 6.08. The van der Waals surface area contributed by atoms with Gasteiger partial charge in [0.2, 0.25) is 5.82 Å². The summed E-state index contributed by atoms with van der Waals surface area (Å²) in [6.45, 7) is 12.1. The zero-order chi connectivity index (χ0) is 22.3. The molecule has 1 amide bonds. The molecular weight excluding hydrogens is 424 g/mol. The van der Waals surface area contributed by atoms with Gasteiger partial charge in [-0.25, -0.2) is 14.5 Å². The Bertz CT molecular complexity index is 1130. The molecule has 4 heterocycles. The summed E-state index contributed by atoms with van der Waals surface area (Å²) in [5, 5.41) is 8.48. The van der Waals surface area contributed by atoms with Gasteiger partial charge in [-0.2, -0.15) is 0 Å². The average Bonchev–Trinajstić information content (AvgIpc) is 3.37. The Morgan fingerprint density at radius 1 is 1.31 bits per heavy atom. The highest BCUT2D eigenvalue weighted by Crippen LogP contribution is 2.43. The Morgan fingerprint density at radius 3 is 2.91 bits per heavy atom. The summed E-state index contributed by atoms with van der Waals surface area (Å²) >= 11 is 1.78. The molecule has 2 aliphatic rings. The molecule has 0 radical (unpaired) electrons. The van der Waals surface area contributed by atoms with Crippen LogP contribution in [0.1, 0.15) is 54.7 Å². The van der Waals surface area contributed by atoms with Crippen LogP contribution in [0.3, 0.4) is 0 Å². The Labute approximate surface area is 192 Å². The summed E-state index contributed by atoms with van der Waals surface area (Å²) in [4.78, 5) is 26.7. The van der Waals surface area contributed by atoms with Crippen LogP contribution in [0.15, 0.2) is 6.33 Å². The third kappa shape index (κ3) is 4.25. The van der Waals surface area contributed by atoms with Gasteiger partial charge in [0.1, 0.15) is 11.2 Å². The zero-order valence-corrected chi connectivity index (χ0v) is 20.0. The van der Waals surface area contributed by atoms with Gasteiger partial charge in [0.05, 0.1) is 18.6 Å². The van der Waals surface area contributed by atoms with Crippen LogP contribution >= 0.6 is 11.3 Å². The van der Waals surface area contributed by atoms with Gasteiger partial charge in [0, 0.05) is 24.5 Å². The number of rotatable bonds is 5. The van der Waals surface area contributed by atoms with E-state index >= 15 is 0 Å². The fourth-order valence-electron chi connectivity index (χ4n) is 4.82. The van der Waals surface area contributed by atoms with Crippen LogP contribution in [-0.4, -0.2) is 69.8 Å². The molecule has 8 nitrogen and oxygen atoms in total. The van der Waals surface area contributed by atoms with E-state index in [-0.39, 0.29) is 11.7 Å². The largest absolute Gasteiger partial charge is 0.379 e. The van der Waals surface area contributed by atoms with Crippen LogP contribution < -0.4 is 5.32 Å². The SMILES string of the molecule is CC(C)(C)C1CCc2c(sc3ncn4nc(C(=O)NCCCN5CCOCC5)nc4c23)C1. The predicted molar refractivity (Wildman–Crippen MR) is 125 cm³/mol. The standard InChI is InChI=1S/C23H32N6O2S/c1-23(2,3)15-5-6-16-17(13-15)32-22-18(16)20-26-19(27-29(20)14-25-22)21(30)24-7-4-8-28-9-11-31-12-10-28/h14-15H,4-13H2,1-3H3,(H,24,30). The maximum atomic E-state index is 12.7. The van der Waals surface area contributed by atoms with Crippen molar-refractivity contribution in [3.8, 4) is 0 Å². The molecule has 3 aromatic heterocycles. The van der Waals surface area contributed by atoms with Crippen molar-refractivity contribution in [3.63, 3.8) is 0 Å². The third-order valence-electron chi connectivity index (χ3n) is 6.85. The number of aryl methyl sites for hydroxylation is 1. The lowest BCUT2D eigenvalue weighted by atomic mass is 9.72. The van der Waals surface area contributed by atoms with E-state index in [0.29, 0.717) is 17.9 Å². The molecule has 0 bridgehead atoms. The van der Waals surface area contributed by atoms with Crippen molar-refractivity contribution in [2.45, 2.75) is 46.5 Å². The predicted octanol–water partition coefficient (Wildman–Crippen LogP) is 2.94. The lowest BCUT2D eigenvalue weighted by Crippen LogP contribution is -2.38. The van der Waals surface area contributed by atoms with E-state index in [1.165, 1.54) is 16.9 Å². The van der Waals surface area contributed by atoms with Gasteiger partial charge in [0.15, 0.2) is 5.65 Å². The summed E-state index contributed by atoms with van der Waals surface area (Å²) in [5.41, 5.74) is 2.41. The van der Waals surface area contributed by atoms with Gasteiger partial charge in [-0.15, -0.1) is 16.4 Å². The Hall–Kier alpha value is -2.10. The number of thiophene rings is 1. The highest BCUT2D eigenvalue weighted by atomic mass is 32.1. The molecule has 5 rings (SSSR count). The van der Waals surface area contributed by atoms with E-state index in [1.807, 2.05) is 0 Å². The Kier molecular flexibility index (Phi) is 5.90.